The Balaban J connectivity index is 1.50. The van der Waals surface area contributed by atoms with Crippen LogP contribution in [-0.4, -0.2) is 10.3 Å². The lowest BCUT2D eigenvalue weighted by Crippen LogP contribution is -2.56. The van der Waals surface area contributed by atoms with Crippen molar-refractivity contribution in [2.75, 3.05) is 0 Å². The minimum Gasteiger partial charge on any atom is -0.460 e. The third kappa shape index (κ3) is 2.59. The predicted octanol–water partition coefficient (Wildman–Crippen LogP) is 4.34. The van der Waals surface area contributed by atoms with Crippen LogP contribution in [-0.2, 0) is 16.1 Å². The number of hydrogen-bond donors (Lipinski definition) is 0. The van der Waals surface area contributed by atoms with Gasteiger partial charge in [0.1, 0.15) is 6.61 Å². The second-order valence-corrected chi connectivity index (χ2v) is 9.42. The molecule has 0 radical (unpaired) electrons. The van der Waals surface area contributed by atoms with Crippen molar-refractivity contribution in [3.05, 3.63) is 35.4 Å². The maximum absolute atomic E-state index is 12.9. The van der Waals surface area contributed by atoms with Crippen molar-refractivity contribution in [1.29, 1.82) is 5.26 Å². The van der Waals surface area contributed by atoms with Gasteiger partial charge in [0, 0.05) is 9.89 Å². The zero-order valence-electron chi connectivity index (χ0n) is 13.1. The Bertz CT molecular complexity index is 679. The first-order valence-electron chi connectivity index (χ1n) is 8.36. The molecule has 4 aliphatic carbocycles. The van der Waals surface area contributed by atoms with E-state index in [1.165, 1.54) is 19.3 Å². The molecule has 2 unspecified atom stereocenters. The van der Waals surface area contributed by atoms with E-state index in [1.807, 2.05) is 18.2 Å². The van der Waals surface area contributed by atoms with Gasteiger partial charge in [0.2, 0.25) is 0 Å². The topological polar surface area (TPSA) is 50.1 Å². The summed E-state index contributed by atoms with van der Waals surface area (Å²) >= 11 is 3.93. The van der Waals surface area contributed by atoms with Gasteiger partial charge in [-0.05, 0) is 56.4 Å². The SMILES string of the molecule is N#Cc1ccccc1COC(=O)C12CC3CC(CC(Br)(C3)C1)C2. The summed E-state index contributed by atoms with van der Waals surface area (Å²) in [5, 5.41) is 9.15. The number of alkyl halides is 1. The Morgan fingerprint density at radius 3 is 2.61 bits per heavy atom. The molecule has 120 valence electrons. The molecule has 2 atom stereocenters. The summed E-state index contributed by atoms with van der Waals surface area (Å²) in [5.74, 6) is 1.27. The van der Waals surface area contributed by atoms with Crippen molar-refractivity contribution in [2.45, 2.75) is 49.5 Å². The molecule has 1 aromatic rings. The highest BCUT2D eigenvalue weighted by atomic mass is 79.9. The van der Waals surface area contributed by atoms with Crippen LogP contribution in [0.2, 0.25) is 0 Å². The second kappa shape index (κ2) is 5.34. The average molecular weight is 374 g/mol. The first-order valence-corrected chi connectivity index (χ1v) is 9.15. The van der Waals surface area contributed by atoms with Crippen LogP contribution in [0.1, 0.15) is 49.7 Å². The van der Waals surface area contributed by atoms with Crippen molar-refractivity contribution in [3.63, 3.8) is 0 Å². The van der Waals surface area contributed by atoms with E-state index in [9.17, 15) is 4.79 Å². The fraction of sp³-hybridized carbons (Fsp3) is 0.579. The molecule has 4 saturated carbocycles. The molecule has 4 bridgehead atoms. The lowest BCUT2D eigenvalue weighted by molar-refractivity contribution is -0.170. The molecular weight excluding hydrogens is 354 g/mol. The van der Waals surface area contributed by atoms with Crippen molar-refractivity contribution in [3.8, 4) is 6.07 Å². The molecule has 3 nitrogen and oxygen atoms in total. The van der Waals surface area contributed by atoms with Gasteiger partial charge in [-0.2, -0.15) is 5.26 Å². The normalized spacial score (nSPS) is 37.4. The minimum absolute atomic E-state index is 0.0526. The molecule has 0 aromatic heterocycles. The van der Waals surface area contributed by atoms with Crippen molar-refractivity contribution >= 4 is 21.9 Å². The van der Waals surface area contributed by atoms with Gasteiger partial charge in [0.15, 0.2) is 0 Å². The van der Waals surface area contributed by atoms with Gasteiger partial charge in [-0.1, -0.05) is 34.1 Å². The Morgan fingerprint density at radius 2 is 1.96 bits per heavy atom. The maximum Gasteiger partial charge on any atom is 0.312 e. The highest BCUT2D eigenvalue weighted by molar-refractivity contribution is 9.10. The first-order chi connectivity index (χ1) is 11.0. The predicted molar refractivity (Wildman–Crippen MR) is 89.7 cm³/mol. The molecule has 4 aliphatic rings. The third-order valence-electron chi connectivity index (χ3n) is 5.92. The Hall–Kier alpha value is -1.34. The number of hydrogen-bond acceptors (Lipinski definition) is 3. The number of benzene rings is 1. The molecule has 1 aromatic carbocycles. The molecule has 4 fully saturated rings. The van der Waals surface area contributed by atoms with Gasteiger partial charge in [0.25, 0.3) is 0 Å². The van der Waals surface area contributed by atoms with Crippen molar-refractivity contribution in [1.82, 2.24) is 0 Å². The summed E-state index contributed by atoms with van der Waals surface area (Å²) in [4.78, 5) is 12.9. The number of carbonyl (C=O) groups is 1. The molecule has 0 heterocycles. The molecular formula is C19H20BrNO2. The number of nitrogens with zero attached hydrogens (tertiary/aromatic N) is 1. The molecule has 5 rings (SSSR count). The van der Waals surface area contributed by atoms with Gasteiger partial charge in [0.05, 0.1) is 17.0 Å². The van der Waals surface area contributed by atoms with Crippen LogP contribution in [0.3, 0.4) is 0 Å². The van der Waals surface area contributed by atoms with Crippen molar-refractivity contribution in [2.24, 2.45) is 17.3 Å². The summed E-state index contributed by atoms with van der Waals surface area (Å²) in [6, 6.07) is 9.49. The van der Waals surface area contributed by atoms with E-state index in [4.69, 9.17) is 10.00 Å². The Morgan fingerprint density at radius 1 is 1.26 bits per heavy atom. The van der Waals surface area contributed by atoms with Crippen LogP contribution in [0.5, 0.6) is 0 Å². The second-order valence-electron chi connectivity index (χ2n) is 7.74. The van der Waals surface area contributed by atoms with Gasteiger partial charge in [-0.15, -0.1) is 0 Å². The smallest absolute Gasteiger partial charge is 0.312 e. The summed E-state index contributed by atoms with van der Waals surface area (Å²) in [7, 11) is 0. The van der Waals surface area contributed by atoms with Gasteiger partial charge < -0.3 is 4.74 Å². The summed E-state index contributed by atoms with van der Waals surface area (Å²) in [6.07, 6.45) is 6.56. The van der Waals surface area contributed by atoms with Crippen LogP contribution in [0.4, 0.5) is 0 Å². The molecule has 0 spiro atoms. The zero-order chi connectivity index (χ0) is 16.1. The zero-order valence-corrected chi connectivity index (χ0v) is 14.6. The fourth-order valence-electron chi connectivity index (χ4n) is 5.44. The number of esters is 1. The molecule has 0 N–H and O–H groups in total. The highest BCUT2D eigenvalue weighted by Crippen LogP contribution is 2.64. The van der Waals surface area contributed by atoms with Crippen LogP contribution in [0.15, 0.2) is 24.3 Å². The van der Waals surface area contributed by atoms with Crippen LogP contribution in [0.25, 0.3) is 0 Å². The van der Waals surface area contributed by atoms with Crippen LogP contribution < -0.4 is 0 Å². The van der Waals surface area contributed by atoms with Gasteiger partial charge >= 0.3 is 5.97 Å². The van der Waals surface area contributed by atoms with E-state index in [-0.39, 0.29) is 22.3 Å². The molecule has 23 heavy (non-hydrogen) atoms. The standard InChI is InChI=1S/C19H20BrNO2/c20-19-8-13-5-14(9-19)7-18(6-13,12-19)17(22)23-11-16-4-2-1-3-15(16)10-21/h1-4,13-14H,5-9,11-12H2. The molecule has 0 saturated heterocycles. The summed E-state index contributed by atoms with van der Waals surface area (Å²) in [6.45, 7) is 0.203. The van der Waals surface area contributed by atoms with Crippen LogP contribution in [0, 0.1) is 28.6 Å². The molecule has 0 amide bonds. The van der Waals surface area contributed by atoms with E-state index in [0.717, 1.165) is 24.8 Å². The number of rotatable bonds is 3. The van der Waals surface area contributed by atoms with E-state index in [0.29, 0.717) is 17.4 Å². The van der Waals surface area contributed by atoms with Gasteiger partial charge in [-0.3, -0.25) is 4.79 Å². The minimum atomic E-state index is -0.296. The van der Waals surface area contributed by atoms with E-state index >= 15 is 0 Å². The lowest BCUT2D eigenvalue weighted by atomic mass is 9.49. The lowest BCUT2D eigenvalue weighted by Gasteiger charge is -2.58. The Labute approximate surface area is 145 Å². The van der Waals surface area contributed by atoms with Gasteiger partial charge in [-0.25, -0.2) is 0 Å². The summed E-state index contributed by atoms with van der Waals surface area (Å²) < 4.78 is 5.84. The number of ether oxygens (including phenoxy) is 1. The number of nitriles is 1. The fourth-order valence-corrected chi connectivity index (χ4v) is 6.89. The average Bonchev–Trinajstić information content (AvgIpc) is 2.50. The number of carbonyl (C=O) groups excluding carboxylic acids is 1. The number of halogens is 1. The Kier molecular flexibility index (Phi) is 3.53. The first kappa shape index (κ1) is 15.2. The molecule has 0 aliphatic heterocycles. The monoisotopic (exact) mass is 373 g/mol. The van der Waals surface area contributed by atoms with Crippen molar-refractivity contribution < 1.29 is 9.53 Å². The maximum atomic E-state index is 12.9. The molecule has 4 heteroatoms. The quantitative estimate of drug-likeness (QED) is 0.584. The van der Waals surface area contributed by atoms with Crippen LogP contribution >= 0.6 is 15.9 Å². The van der Waals surface area contributed by atoms with E-state index < -0.39 is 0 Å². The third-order valence-corrected chi connectivity index (χ3v) is 6.85. The largest absolute Gasteiger partial charge is 0.460 e. The van der Waals surface area contributed by atoms with E-state index in [2.05, 4.69) is 22.0 Å². The summed E-state index contributed by atoms with van der Waals surface area (Å²) in [5.41, 5.74) is 1.08. The van der Waals surface area contributed by atoms with E-state index in [1.54, 1.807) is 6.07 Å². The highest BCUT2D eigenvalue weighted by Gasteiger charge is 2.60.